The van der Waals surface area contributed by atoms with Crippen LogP contribution in [-0.4, -0.2) is 30.5 Å². The van der Waals surface area contributed by atoms with Crippen molar-refractivity contribution < 1.29 is 14.3 Å². The maximum atomic E-state index is 12.7. The zero-order valence-corrected chi connectivity index (χ0v) is 15.6. The summed E-state index contributed by atoms with van der Waals surface area (Å²) in [6.45, 7) is 4.33. The molecule has 1 aromatic carbocycles. The van der Waals surface area contributed by atoms with E-state index in [1.54, 1.807) is 6.92 Å². The van der Waals surface area contributed by atoms with Crippen LogP contribution in [-0.2, 0) is 17.6 Å². The van der Waals surface area contributed by atoms with Gasteiger partial charge >= 0.3 is 5.97 Å². The zero-order valence-electron chi connectivity index (χ0n) is 15.6. The molecule has 0 fully saturated rings. The highest BCUT2D eigenvalue weighted by Gasteiger charge is 2.25. The summed E-state index contributed by atoms with van der Waals surface area (Å²) in [4.78, 5) is 27.8. The van der Waals surface area contributed by atoms with Crippen LogP contribution in [0.5, 0.6) is 0 Å². The lowest BCUT2D eigenvalue weighted by molar-refractivity contribution is 0.0599. The molecule has 5 heteroatoms. The number of esters is 1. The first-order valence-electron chi connectivity index (χ1n) is 9.22. The Morgan fingerprint density at radius 1 is 1.31 bits per heavy atom. The summed E-state index contributed by atoms with van der Waals surface area (Å²) in [7, 11) is 1.36. The second-order valence-corrected chi connectivity index (χ2v) is 6.82. The third-order valence-corrected chi connectivity index (χ3v) is 5.30. The van der Waals surface area contributed by atoms with Crippen LogP contribution < -0.4 is 5.32 Å². The van der Waals surface area contributed by atoms with E-state index in [9.17, 15) is 9.59 Å². The predicted molar refractivity (Wildman–Crippen MR) is 101 cm³/mol. The number of methoxy groups -OCH3 is 1. The quantitative estimate of drug-likeness (QED) is 0.807. The monoisotopic (exact) mass is 354 g/mol. The highest BCUT2D eigenvalue weighted by Crippen LogP contribution is 2.31. The maximum absolute atomic E-state index is 12.7. The Morgan fingerprint density at radius 2 is 2.08 bits per heavy atom. The molecule has 1 aromatic heterocycles. The van der Waals surface area contributed by atoms with Gasteiger partial charge in [0, 0.05) is 18.2 Å². The second kappa shape index (κ2) is 7.77. The van der Waals surface area contributed by atoms with E-state index < -0.39 is 5.97 Å². The number of H-pyrrole nitrogens is 1. The molecule has 3 rings (SSSR count). The third kappa shape index (κ3) is 3.39. The number of benzene rings is 1. The van der Waals surface area contributed by atoms with Crippen LogP contribution in [0.2, 0.25) is 0 Å². The van der Waals surface area contributed by atoms with Crippen LogP contribution in [0.4, 0.5) is 0 Å². The van der Waals surface area contributed by atoms with Gasteiger partial charge in [0.25, 0.3) is 5.91 Å². The Kier molecular flexibility index (Phi) is 5.45. The van der Waals surface area contributed by atoms with Crippen LogP contribution in [0.1, 0.15) is 68.9 Å². The summed E-state index contributed by atoms with van der Waals surface area (Å²) in [5, 5.41) is 3.05. The summed E-state index contributed by atoms with van der Waals surface area (Å²) in [5.74, 6) is -0.240. The molecule has 0 saturated heterocycles. The van der Waals surface area contributed by atoms with E-state index in [4.69, 9.17) is 4.74 Å². The Balaban J connectivity index is 1.76. The molecule has 1 heterocycles. The highest BCUT2D eigenvalue weighted by molar-refractivity contribution is 6.00. The number of hydrogen-bond acceptors (Lipinski definition) is 3. The van der Waals surface area contributed by atoms with Crippen molar-refractivity contribution in [1.29, 1.82) is 0 Å². The van der Waals surface area contributed by atoms with Crippen molar-refractivity contribution in [2.24, 2.45) is 0 Å². The van der Waals surface area contributed by atoms with Crippen molar-refractivity contribution in [3.63, 3.8) is 0 Å². The molecule has 0 spiro atoms. The molecule has 2 aromatic rings. The molecule has 138 valence electrons. The smallest absolute Gasteiger partial charge is 0.339 e. The SMILES string of the molecule is CCc1[nH]c(C(=O)NCC2CCCc3ccccc32)c(C)c1C(=O)OC. The zero-order chi connectivity index (χ0) is 18.7. The fourth-order valence-electron chi connectivity index (χ4n) is 3.90. The molecule has 0 saturated carbocycles. The Hall–Kier alpha value is -2.56. The predicted octanol–water partition coefficient (Wildman–Crippen LogP) is 3.52. The number of nitrogens with one attached hydrogen (secondary N) is 2. The lowest BCUT2D eigenvalue weighted by atomic mass is 9.83. The maximum Gasteiger partial charge on any atom is 0.339 e. The minimum Gasteiger partial charge on any atom is -0.465 e. The summed E-state index contributed by atoms with van der Waals surface area (Å²) in [5.41, 5.74) is 5.04. The van der Waals surface area contributed by atoms with Gasteiger partial charge in [-0.25, -0.2) is 4.79 Å². The topological polar surface area (TPSA) is 71.2 Å². The molecule has 2 N–H and O–H groups in total. The fraction of sp³-hybridized carbons (Fsp3) is 0.429. The van der Waals surface area contributed by atoms with Crippen molar-refractivity contribution in [2.45, 2.75) is 45.4 Å². The first kappa shape index (κ1) is 18.2. The largest absolute Gasteiger partial charge is 0.465 e. The molecule has 1 amide bonds. The summed E-state index contributed by atoms with van der Waals surface area (Å²) >= 11 is 0. The Morgan fingerprint density at radius 3 is 2.81 bits per heavy atom. The number of amides is 1. The molecule has 26 heavy (non-hydrogen) atoms. The number of rotatable bonds is 5. The molecule has 1 aliphatic rings. The number of aromatic amines is 1. The molecule has 1 unspecified atom stereocenters. The number of aryl methyl sites for hydroxylation is 2. The first-order chi connectivity index (χ1) is 12.6. The standard InChI is InChI=1S/C21H26N2O3/c1-4-17-18(21(25)26-3)13(2)19(23-17)20(24)22-12-15-10-7-9-14-8-5-6-11-16(14)15/h5-6,8,11,15,23H,4,7,9-10,12H2,1-3H3,(H,22,24). The molecule has 1 atom stereocenters. The van der Waals surface area contributed by atoms with Gasteiger partial charge in [0.1, 0.15) is 5.69 Å². The molecular formula is C21H26N2O3. The first-order valence-corrected chi connectivity index (χ1v) is 9.22. The van der Waals surface area contributed by atoms with Crippen LogP contribution in [0.3, 0.4) is 0 Å². The van der Waals surface area contributed by atoms with Gasteiger partial charge in [-0.1, -0.05) is 31.2 Å². The van der Waals surface area contributed by atoms with Crippen molar-refractivity contribution in [1.82, 2.24) is 10.3 Å². The van der Waals surface area contributed by atoms with E-state index in [0.29, 0.717) is 35.7 Å². The Labute approximate surface area is 154 Å². The van der Waals surface area contributed by atoms with Crippen LogP contribution >= 0.6 is 0 Å². The van der Waals surface area contributed by atoms with Gasteiger partial charge < -0.3 is 15.0 Å². The van der Waals surface area contributed by atoms with Crippen LogP contribution in [0, 0.1) is 6.92 Å². The lowest BCUT2D eigenvalue weighted by Gasteiger charge is -2.25. The average Bonchev–Trinajstić information content (AvgIpc) is 3.02. The third-order valence-electron chi connectivity index (χ3n) is 5.30. The van der Waals surface area contributed by atoms with Crippen molar-refractivity contribution in [3.05, 3.63) is 57.9 Å². The van der Waals surface area contributed by atoms with Crippen molar-refractivity contribution in [3.8, 4) is 0 Å². The molecule has 5 nitrogen and oxygen atoms in total. The van der Waals surface area contributed by atoms with E-state index in [1.807, 2.05) is 6.92 Å². The molecule has 1 aliphatic carbocycles. The number of fused-ring (bicyclic) bond motifs is 1. The normalized spacial score (nSPS) is 16.0. The van der Waals surface area contributed by atoms with E-state index in [1.165, 1.54) is 18.2 Å². The van der Waals surface area contributed by atoms with Gasteiger partial charge in [-0.3, -0.25) is 4.79 Å². The average molecular weight is 354 g/mol. The minimum atomic E-state index is -0.407. The number of aromatic nitrogens is 1. The summed E-state index contributed by atoms with van der Waals surface area (Å²) in [6, 6.07) is 8.47. The van der Waals surface area contributed by atoms with Crippen LogP contribution in [0.25, 0.3) is 0 Å². The summed E-state index contributed by atoms with van der Waals surface area (Å²) < 4.78 is 4.86. The highest BCUT2D eigenvalue weighted by atomic mass is 16.5. The van der Waals surface area contributed by atoms with E-state index in [0.717, 1.165) is 25.0 Å². The number of ether oxygens (including phenoxy) is 1. The van der Waals surface area contributed by atoms with Gasteiger partial charge in [0.2, 0.25) is 0 Å². The number of carbonyl (C=O) groups excluding carboxylic acids is 2. The van der Waals surface area contributed by atoms with Crippen LogP contribution in [0.15, 0.2) is 24.3 Å². The van der Waals surface area contributed by atoms with E-state index in [-0.39, 0.29) is 5.91 Å². The fourth-order valence-corrected chi connectivity index (χ4v) is 3.90. The van der Waals surface area contributed by atoms with Gasteiger partial charge in [-0.15, -0.1) is 0 Å². The van der Waals surface area contributed by atoms with Gasteiger partial charge in [-0.2, -0.15) is 0 Å². The lowest BCUT2D eigenvalue weighted by Crippen LogP contribution is -2.30. The van der Waals surface area contributed by atoms with E-state index in [2.05, 4.69) is 34.6 Å². The number of hydrogen-bond donors (Lipinski definition) is 2. The summed E-state index contributed by atoms with van der Waals surface area (Å²) in [6.07, 6.45) is 3.97. The van der Waals surface area contributed by atoms with Crippen molar-refractivity contribution in [2.75, 3.05) is 13.7 Å². The van der Waals surface area contributed by atoms with Gasteiger partial charge in [-0.05, 0) is 49.3 Å². The van der Waals surface area contributed by atoms with Gasteiger partial charge in [0.15, 0.2) is 0 Å². The molecule has 0 aliphatic heterocycles. The van der Waals surface area contributed by atoms with E-state index >= 15 is 0 Å². The molecule has 0 radical (unpaired) electrons. The Bertz CT molecular complexity index is 823. The second-order valence-electron chi connectivity index (χ2n) is 6.82. The van der Waals surface area contributed by atoms with Gasteiger partial charge in [0.05, 0.1) is 12.7 Å². The van der Waals surface area contributed by atoms with Crippen molar-refractivity contribution >= 4 is 11.9 Å². The number of carbonyl (C=O) groups is 2. The molecular weight excluding hydrogens is 328 g/mol. The molecule has 0 bridgehead atoms. The minimum absolute atomic E-state index is 0.171.